The number of hydrogen-bond donors (Lipinski definition) is 1. The molecule has 0 aromatic heterocycles. The fraction of sp³-hybridized carbons (Fsp3) is 1.00. The number of rotatable bonds is 8. The summed E-state index contributed by atoms with van der Waals surface area (Å²) < 4.78 is 0. The van der Waals surface area contributed by atoms with Crippen molar-refractivity contribution < 1.29 is 0 Å². The molecule has 3 unspecified atom stereocenters. The highest BCUT2D eigenvalue weighted by Crippen LogP contribution is 2.25. The average Bonchev–Trinajstić information content (AvgIpc) is 2.39. The minimum Gasteiger partial charge on any atom is -0.313 e. The second-order valence-corrected chi connectivity index (χ2v) is 5.94. The molecule has 3 atom stereocenters. The van der Waals surface area contributed by atoms with Crippen molar-refractivity contribution in [2.24, 2.45) is 11.8 Å². The molecule has 1 fully saturated rings. The molecule has 1 aliphatic rings. The Morgan fingerprint density at radius 2 is 2.00 bits per heavy atom. The number of hydrogen-bond acceptors (Lipinski definition) is 1. The van der Waals surface area contributed by atoms with Crippen LogP contribution in [0.5, 0.6) is 0 Å². The first-order chi connectivity index (χ1) is 8.31. The topological polar surface area (TPSA) is 12.0 Å². The van der Waals surface area contributed by atoms with E-state index in [0.717, 1.165) is 11.8 Å². The van der Waals surface area contributed by atoms with Gasteiger partial charge >= 0.3 is 0 Å². The lowest BCUT2D eigenvalue weighted by Gasteiger charge is -2.32. The summed E-state index contributed by atoms with van der Waals surface area (Å²) in [6.07, 6.45) is 10.8. The van der Waals surface area contributed by atoms with Crippen LogP contribution in [0, 0.1) is 11.8 Å². The van der Waals surface area contributed by atoms with E-state index in [0.29, 0.717) is 12.0 Å². The van der Waals surface area contributed by atoms with E-state index in [4.69, 9.17) is 11.6 Å². The van der Waals surface area contributed by atoms with Crippen LogP contribution in [0.3, 0.4) is 0 Å². The predicted octanol–water partition coefficient (Wildman–Crippen LogP) is 4.59. The lowest BCUT2D eigenvalue weighted by atomic mass is 9.85. The smallest absolute Gasteiger partial charge is 0.0266 e. The van der Waals surface area contributed by atoms with Gasteiger partial charge < -0.3 is 5.32 Å². The average molecular weight is 260 g/mol. The van der Waals surface area contributed by atoms with Crippen LogP contribution in [0.4, 0.5) is 0 Å². The van der Waals surface area contributed by atoms with Crippen molar-refractivity contribution in [2.75, 3.05) is 12.4 Å². The van der Waals surface area contributed by atoms with Crippen LogP contribution in [-0.4, -0.2) is 18.5 Å². The third-order valence-corrected chi connectivity index (χ3v) is 4.72. The van der Waals surface area contributed by atoms with Crippen LogP contribution >= 0.6 is 11.6 Å². The normalized spacial score (nSPS) is 27.0. The van der Waals surface area contributed by atoms with Gasteiger partial charge in [0, 0.05) is 11.9 Å². The molecule has 1 N–H and O–H groups in total. The molecule has 0 heterocycles. The van der Waals surface area contributed by atoms with E-state index < -0.39 is 0 Å². The summed E-state index contributed by atoms with van der Waals surface area (Å²) in [6, 6.07) is 0.692. The Labute approximate surface area is 113 Å². The zero-order valence-corrected chi connectivity index (χ0v) is 12.4. The molecule has 1 aliphatic carbocycles. The summed E-state index contributed by atoms with van der Waals surface area (Å²) in [6.45, 7) is 5.81. The van der Waals surface area contributed by atoms with Crippen molar-refractivity contribution in [2.45, 2.75) is 71.3 Å². The summed E-state index contributed by atoms with van der Waals surface area (Å²) in [5.41, 5.74) is 0. The van der Waals surface area contributed by atoms with Gasteiger partial charge in [0.05, 0.1) is 0 Å². The molecular formula is C15H30ClN. The van der Waals surface area contributed by atoms with E-state index in [2.05, 4.69) is 19.2 Å². The molecule has 0 bridgehead atoms. The predicted molar refractivity (Wildman–Crippen MR) is 77.8 cm³/mol. The molecule has 1 nitrogen and oxygen atoms in total. The Morgan fingerprint density at radius 3 is 2.65 bits per heavy atom. The highest BCUT2D eigenvalue weighted by molar-refractivity contribution is 6.18. The maximum atomic E-state index is 6.07. The van der Waals surface area contributed by atoms with Gasteiger partial charge in [-0.2, -0.15) is 0 Å². The second kappa shape index (κ2) is 9.22. The number of unbranched alkanes of at least 4 members (excludes halogenated alkanes) is 1. The summed E-state index contributed by atoms with van der Waals surface area (Å²) in [4.78, 5) is 0. The summed E-state index contributed by atoms with van der Waals surface area (Å²) in [5.74, 6) is 2.42. The summed E-state index contributed by atoms with van der Waals surface area (Å²) >= 11 is 6.07. The van der Waals surface area contributed by atoms with Crippen LogP contribution in [0.1, 0.15) is 65.2 Å². The van der Waals surface area contributed by atoms with Gasteiger partial charge in [-0.05, 0) is 37.6 Å². The van der Waals surface area contributed by atoms with Gasteiger partial charge in [0.25, 0.3) is 0 Å². The molecule has 0 spiro atoms. The third kappa shape index (κ3) is 5.61. The Morgan fingerprint density at radius 1 is 1.24 bits per heavy atom. The molecule has 0 aromatic carbocycles. The van der Waals surface area contributed by atoms with Gasteiger partial charge in [-0.15, -0.1) is 11.6 Å². The molecule has 0 saturated heterocycles. The van der Waals surface area contributed by atoms with Crippen molar-refractivity contribution in [1.29, 1.82) is 0 Å². The van der Waals surface area contributed by atoms with Gasteiger partial charge in [0.1, 0.15) is 0 Å². The highest BCUT2D eigenvalue weighted by atomic mass is 35.5. The third-order valence-electron chi connectivity index (χ3n) is 4.32. The number of halogens is 1. The lowest BCUT2D eigenvalue weighted by molar-refractivity contribution is 0.265. The molecule has 1 saturated carbocycles. The minimum absolute atomic E-state index is 0.692. The fourth-order valence-corrected chi connectivity index (χ4v) is 3.29. The number of nitrogens with one attached hydrogen (secondary N) is 1. The Kier molecular flexibility index (Phi) is 8.30. The first-order valence-electron chi connectivity index (χ1n) is 7.61. The zero-order valence-electron chi connectivity index (χ0n) is 11.7. The van der Waals surface area contributed by atoms with Crippen molar-refractivity contribution in [3.05, 3.63) is 0 Å². The molecule has 1 rings (SSSR count). The second-order valence-electron chi connectivity index (χ2n) is 5.63. The van der Waals surface area contributed by atoms with Gasteiger partial charge in [-0.25, -0.2) is 0 Å². The minimum atomic E-state index is 0.692. The highest BCUT2D eigenvalue weighted by Gasteiger charge is 2.24. The van der Waals surface area contributed by atoms with E-state index in [1.807, 2.05) is 0 Å². The molecule has 2 heteroatoms. The van der Waals surface area contributed by atoms with E-state index in [1.165, 1.54) is 57.9 Å². The van der Waals surface area contributed by atoms with Crippen molar-refractivity contribution >= 4 is 11.6 Å². The first kappa shape index (κ1) is 15.3. The maximum absolute atomic E-state index is 6.07. The van der Waals surface area contributed by atoms with Crippen LogP contribution in [0.15, 0.2) is 0 Å². The number of alkyl halides is 1. The van der Waals surface area contributed by atoms with E-state index in [-0.39, 0.29) is 0 Å². The largest absolute Gasteiger partial charge is 0.313 e. The van der Waals surface area contributed by atoms with Crippen LogP contribution < -0.4 is 5.32 Å². The molecule has 0 amide bonds. The van der Waals surface area contributed by atoms with E-state index in [9.17, 15) is 0 Å². The quantitative estimate of drug-likeness (QED) is 0.629. The van der Waals surface area contributed by atoms with E-state index >= 15 is 0 Å². The van der Waals surface area contributed by atoms with Crippen molar-refractivity contribution in [3.63, 3.8) is 0 Å². The molecule has 0 aliphatic heterocycles. The van der Waals surface area contributed by atoms with Gasteiger partial charge in [0.2, 0.25) is 0 Å². The Bertz CT molecular complexity index is 184. The van der Waals surface area contributed by atoms with E-state index in [1.54, 1.807) is 0 Å². The van der Waals surface area contributed by atoms with Gasteiger partial charge in [-0.3, -0.25) is 0 Å². The fourth-order valence-electron chi connectivity index (χ4n) is 2.92. The standard InChI is InChI=1S/C15H30ClN/c1-3-5-8-13(4-2)12-17-15-10-7-6-9-14(15)11-16/h13-15,17H,3-12H2,1-2H3. The molecule has 102 valence electrons. The molecule has 0 aromatic rings. The zero-order chi connectivity index (χ0) is 12.5. The summed E-state index contributed by atoms with van der Waals surface area (Å²) in [5, 5.41) is 3.80. The van der Waals surface area contributed by atoms with Crippen molar-refractivity contribution in [3.8, 4) is 0 Å². The molecule has 17 heavy (non-hydrogen) atoms. The monoisotopic (exact) mass is 259 g/mol. The molecular weight excluding hydrogens is 230 g/mol. The summed E-state index contributed by atoms with van der Waals surface area (Å²) in [7, 11) is 0. The lowest BCUT2D eigenvalue weighted by Crippen LogP contribution is -2.41. The van der Waals surface area contributed by atoms with Gasteiger partial charge in [-0.1, -0.05) is 46.0 Å². The Balaban J connectivity index is 2.26. The van der Waals surface area contributed by atoms with Crippen molar-refractivity contribution in [1.82, 2.24) is 5.32 Å². The Hall–Kier alpha value is 0.250. The molecule has 0 radical (unpaired) electrons. The van der Waals surface area contributed by atoms with Crippen LogP contribution in [0.2, 0.25) is 0 Å². The van der Waals surface area contributed by atoms with Gasteiger partial charge in [0.15, 0.2) is 0 Å². The van der Waals surface area contributed by atoms with Crippen LogP contribution in [0.25, 0.3) is 0 Å². The maximum Gasteiger partial charge on any atom is 0.0266 e. The first-order valence-corrected chi connectivity index (χ1v) is 8.14. The van der Waals surface area contributed by atoms with Crippen LogP contribution in [-0.2, 0) is 0 Å². The SMILES string of the molecule is CCCCC(CC)CNC1CCCCC1CCl.